The number of aryl methyl sites for hydroxylation is 1. The van der Waals surface area contributed by atoms with Crippen molar-refractivity contribution in [1.82, 2.24) is 14.9 Å². The van der Waals surface area contributed by atoms with Gasteiger partial charge in [0, 0.05) is 33.0 Å². The molecule has 0 bridgehead atoms. The van der Waals surface area contributed by atoms with Gasteiger partial charge in [0.2, 0.25) is 0 Å². The van der Waals surface area contributed by atoms with Gasteiger partial charge >= 0.3 is 0 Å². The van der Waals surface area contributed by atoms with Crippen LogP contribution in [0, 0.1) is 0 Å². The zero-order valence-corrected chi connectivity index (χ0v) is 11.1. The third-order valence-corrected chi connectivity index (χ3v) is 3.19. The topological polar surface area (TPSA) is 48.3 Å². The summed E-state index contributed by atoms with van der Waals surface area (Å²) in [6.45, 7) is 4.29. The second-order valence-corrected chi connectivity index (χ2v) is 4.74. The van der Waals surface area contributed by atoms with Gasteiger partial charge in [-0.25, -0.2) is 4.98 Å². The maximum Gasteiger partial charge on any atom is 0.0945 e. The molecule has 2 heterocycles. The molecule has 1 N–H and O–H groups in total. The number of hydrogen-bond acceptors (Lipinski definition) is 4. The standard InChI is InChI=1S/C13H23N3O2/c1-16-11-15-9-12(16)8-14-5-3-6-17-10-13-4-2-7-18-13/h9,11,13-14H,2-8,10H2,1H3. The third-order valence-electron chi connectivity index (χ3n) is 3.19. The average molecular weight is 253 g/mol. The molecule has 1 atom stereocenters. The third kappa shape index (κ3) is 4.40. The number of nitrogens with one attached hydrogen (secondary N) is 1. The molecule has 5 nitrogen and oxygen atoms in total. The average Bonchev–Trinajstić information content (AvgIpc) is 3.00. The number of imidazole rings is 1. The molecule has 0 aliphatic carbocycles. The van der Waals surface area contributed by atoms with Crippen molar-refractivity contribution in [3.63, 3.8) is 0 Å². The molecule has 0 amide bonds. The van der Waals surface area contributed by atoms with Crippen LogP contribution in [0.1, 0.15) is 25.0 Å². The van der Waals surface area contributed by atoms with Gasteiger partial charge in [0.25, 0.3) is 0 Å². The Morgan fingerprint density at radius 2 is 2.56 bits per heavy atom. The minimum atomic E-state index is 0.340. The van der Waals surface area contributed by atoms with Gasteiger partial charge in [-0.3, -0.25) is 0 Å². The van der Waals surface area contributed by atoms with Crippen molar-refractivity contribution in [2.75, 3.05) is 26.4 Å². The Balaban J connectivity index is 1.43. The summed E-state index contributed by atoms with van der Waals surface area (Å²) in [5.74, 6) is 0. The lowest BCUT2D eigenvalue weighted by Gasteiger charge is -2.10. The SMILES string of the molecule is Cn1cncc1CNCCCOCC1CCCO1. The Labute approximate surface area is 108 Å². The van der Waals surface area contributed by atoms with Crippen molar-refractivity contribution in [2.45, 2.75) is 31.9 Å². The van der Waals surface area contributed by atoms with E-state index in [1.165, 1.54) is 12.1 Å². The smallest absolute Gasteiger partial charge is 0.0945 e. The van der Waals surface area contributed by atoms with E-state index in [1.54, 1.807) is 0 Å². The summed E-state index contributed by atoms with van der Waals surface area (Å²) in [6.07, 6.45) is 7.42. The van der Waals surface area contributed by atoms with E-state index in [0.29, 0.717) is 6.10 Å². The van der Waals surface area contributed by atoms with Gasteiger partial charge in [-0.2, -0.15) is 0 Å². The molecule has 2 rings (SSSR count). The molecule has 1 aliphatic rings. The lowest BCUT2D eigenvalue weighted by molar-refractivity contribution is 0.0166. The largest absolute Gasteiger partial charge is 0.379 e. The van der Waals surface area contributed by atoms with Crippen LogP contribution in [0.15, 0.2) is 12.5 Å². The van der Waals surface area contributed by atoms with Crippen LogP contribution in [0.4, 0.5) is 0 Å². The van der Waals surface area contributed by atoms with Crippen LogP contribution in [0.2, 0.25) is 0 Å². The summed E-state index contributed by atoms with van der Waals surface area (Å²) < 4.78 is 13.1. The molecular weight excluding hydrogens is 230 g/mol. The van der Waals surface area contributed by atoms with Gasteiger partial charge in [-0.1, -0.05) is 0 Å². The van der Waals surface area contributed by atoms with Gasteiger partial charge in [0.1, 0.15) is 0 Å². The molecule has 1 aromatic heterocycles. The molecule has 1 saturated heterocycles. The molecule has 0 saturated carbocycles. The van der Waals surface area contributed by atoms with Crippen LogP contribution in [0.3, 0.4) is 0 Å². The second kappa shape index (κ2) is 7.51. The van der Waals surface area contributed by atoms with Crippen molar-refractivity contribution in [1.29, 1.82) is 0 Å². The lowest BCUT2D eigenvalue weighted by atomic mass is 10.2. The van der Waals surface area contributed by atoms with E-state index in [1.807, 2.05) is 24.1 Å². The van der Waals surface area contributed by atoms with Crippen LogP contribution in [0.5, 0.6) is 0 Å². The molecule has 5 heteroatoms. The number of ether oxygens (including phenoxy) is 2. The minimum absolute atomic E-state index is 0.340. The second-order valence-electron chi connectivity index (χ2n) is 4.74. The van der Waals surface area contributed by atoms with Gasteiger partial charge < -0.3 is 19.4 Å². The predicted octanol–water partition coefficient (Wildman–Crippen LogP) is 1.10. The zero-order valence-electron chi connectivity index (χ0n) is 11.1. The first-order valence-electron chi connectivity index (χ1n) is 6.71. The van der Waals surface area contributed by atoms with Crippen molar-refractivity contribution >= 4 is 0 Å². The number of nitrogens with zero attached hydrogens (tertiary/aromatic N) is 2. The van der Waals surface area contributed by atoms with E-state index < -0.39 is 0 Å². The van der Waals surface area contributed by atoms with Crippen molar-refractivity contribution in [3.8, 4) is 0 Å². The van der Waals surface area contributed by atoms with Gasteiger partial charge in [0.15, 0.2) is 0 Å². The van der Waals surface area contributed by atoms with Crippen LogP contribution in [0.25, 0.3) is 0 Å². The normalized spacial score (nSPS) is 19.5. The summed E-state index contributed by atoms with van der Waals surface area (Å²) in [4.78, 5) is 4.08. The summed E-state index contributed by atoms with van der Waals surface area (Å²) in [5, 5.41) is 3.38. The van der Waals surface area contributed by atoms with Crippen LogP contribution < -0.4 is 5.32 Å². The van der Waals surface area contributed by atoms with E-state index in [2.05, 4.69) is 10.3 Å². The van der Waals surface area contributed by atoms with Crippen molar-refractivity contribution < 1.29 is 9.47 Å². The maximum absolute atomic E-state index is 5.60. The fourth-order valence-electron chi connectivity index (χ4n) is 2.06. The fraction of sp³-hybridized carbons (Fsp3) is 0.769. The summed E-state index contributed by atoms with van der Waals surface area (Å²) in [7, 11) is 2.01. The Morgan fingerprint density at radius 3 is 3.28 bits per heavy atom. The summed E-state index contributed by atoms with van der Waals surface area (Å²) in [6, 6.07) is 0. The van der Waals surface area contributed by atoms with Crippen LogP contribution in [-0.2, 0) is 23.1 Å². The van der Waals surface area contributed by atoms with Gasteiger partial charge in [-0.15, -0.1) is 0 Å². The lowest BCUT2D eigenvalue weighted by Crippen LogP contribution is -2.19. The highest BCUT2D eigenvalue weighted by molar-refractivity contribution is 4.96. The summed E-state index contributed by atoms with van der Waals surface area (Å²) >= 11 is 0. The Hall–Kier alpha value is -0.910. The molecule has 1 fully saturated rings. The number of rotatable bonds is 8. The predicted molar refractivity (Wildman–Crippen MR) is 69.3 cm³/mol. The molecule has 0 aromatic carbocycles. The molecular formula is C13H23N3O2. The molecule has 102 valence electrons. The quantitative estimate of drug-likeness (QED) is 0.705. The first-order valence-corrected chi connectivity index (χ1v) is 6.71. The Morgan fingerprint density at radius 1 is 1.61 bits per heavy atom. The van der Waals surface area contributed by atoms with E-state index in [4.69, 9.17) is 9.47 Å². The Kier molecular flexibility index (Phi) is 5.64. The van der Waals surface area contributed by atoms with E-state index in [-0.39, 0.29) is 0 Å². The van der Waals surface area contributed by atoms with Gasteiger partial charge in [0.05, 0.1) is 24.7 Å². The van der Waals surface area contributed by atoms with Gasteiger partial charge in [-0.05, 0) is 25.8 Å². The highest BCUT2D eigenvalue weighted by Crippen LogP contribution is 2.11. The molecule has 1 aromatic rings. The fourth-order valence-corrected chi connectivity index (χ4v) is 2.06. The van der Waals surface area contributed by atoms with E-state index >= 15 is 0 Å². The van der Waals surface area contributed by atoms with Crippen molar-refractivity contribution in [3.05, 3.63) is 18.2 Å². The number of aromatic nitrogens is 2. The summed E-state index contributed by atoms with van der Waals surface area (Å²) in [5.41, 5.74) is 1.20. The Bertz CT molecular complexity index is 335. The zero-order chi connectivity index (χ0) is 12.6. The highest BCUT2D eigenvalue weighted by Gasteiger charge is 2.14. The molecule has 18 heavy (non-hydrogen) atoms. The monoisotopic (exact) mass is 253 g/mol. The molecule has 0 spiro atoms. The van der Waals surface area contributed by atoms with E-state index in [0.717, 1.165) is 45.8 Å². The molecule has 1 unspecified atom stereocenters. The maximum atomic E-state index is 5.60. The molecule has 1 aliphatic heterocycles. The molecule has 0 radical (unpaired) electrons. The van der Waals surface area contributed by atoms with E-state index in [9.17, 15) is 0 Å². The van der Waals surface area contributed by atoms with Crippen LogP contribution >= 0.6 is 0 Å². The number of hydrogen-bond donors (Lipinski definition) is 1. The van der Waals surface area contributed by atoms with Crippen molar-refractivity contribution in [2.24, 2.45) is 7.05 Å². The highest BCUT2D eigenvalue weighted by atomic mass is 16.5. The first-order chi connectivity index (χ1) is 8.86. The first kappa shape index (κ1) is 13.5. The van der Waals surface area contributed by atoms with Crippen LogP contribution in [-0.4, -0.2) is 42.0 Å². The minimum Gasteiger partial charge on any atom is -0.379 e.